The Hall–Kier alpha value is -0.710. The van der Waals surface area contributed by atoms with Crippen LogP contribution in [0.4, 0.5) is 0 Å². The molecule has 1 rings (SSSR count). The fourth-order valence-electron chi connectivity index (χ4n) is 2.47. The molecule has 1 aliphatic carbocycles. The van der Waals surface area contributed by atoms with E-state index in [0.29, 0.717) is 18.6 Å². The average Bonchev–Trinajstić information content (AvgIpc) is 2.38. The first-order chi connectivity index (χ1) is 8.54. The number of carboxylic acids is 1. The van der Waals surface area contributed by atoms with Gasteiger partial charge in [0.1, 0.15) is 5.54 Å². The third kappa shape index (κ3) is 3.40. The first-order valence-electron chi connectivity index (χ1n) is 6.62. The van der Waals surface area contributed by atoms with Gasteiger partial charge in [0.05, 0.1) is 5.75 Å². The van der Waals surface area contributed by atoms with Gasteiger partial charge in [0.15, 0.2) is 0 Å². The molecule has 1 N–H and O–H groups in total. The number of carboxylic acid groups (broad SMARTS) is 1. The molecule has 5 heteroatoms. The highest BCUT2D eigenvalue weighted by Crippen LogP contribution is 2.33. The molecule has 0 saturated heterocycles. The maximum Gasteiger partial charge on any atom is 0.329 e. The lowest BCUT2D eigenvalue weighted by Gasteiger charge is -2.41. The van der Waals surface area contributed by atoms with Gasteiger partial charge in [-0.25, -0.2) is 4.79 Å². The van der Waals surface area contributed by atoms with Gasteiger partial charge in [-0.05, 0) is 25.0 Å². The van der Waals surface area contributed by atoms with Crippen molar-refractivity contribution in [1.82, 2.24) is 4.90 Å². The van der Waals surface area contributed by atoms with Crippen molar-refractivity contribution in [3.8, 4) is 0 Å². The Morgan fingerprint density at radius 1 is 1.28 bits per heavy atom. The summed E-state index contributed by atoms with van der Waals surface area (Å²) in [4.78, 5) is 25.1. The topological polar surface area (TPSA) is 57.6 Å². The molecule has 1 amide bonds. The third-order valence-electron chi connectivity index (χ3n) is 3.67. The van der Waals surface area contributed by atoms with Crippen LogP contribution in [-0.4, -0.2) is 46.0 Å². The van der Waals surface area contributed by atoms with E-state index in [0.717, 1.165) is 31.4 Å². The predicted molar refractivity (Wildman–Crippen MR) is 73.8 cm³/mol. The van der Waals surface area contributed by atoms with Crippen LogP contribution in [0, 0.1) is 0 Å². The van der Waals surface area contributed by atoms with Crippen LogP contribution in [0.3, 0.4) is 0 Å². The molecule has 0 atom stereocenters. The summed E-state index contributed by atoms with van der Waals surface area (Å²) in [6.07, 6.45) is 5.07. The van der Waals surface area contributed by atoms with Crippen LogP contribution < -0.4 is 0 Å². The summed E-state index contributed by atoms with van der Waals surface area (Å²) in [6.45, 7) is 2.07. The van der Waals surface area contributed by atoms with E-state index >= 15 is 0 Å². The molecule has 1 fully saturated rings. The van der Waals surface area contributed by atoms with Crippen LogP contribution in [0.25, 0.3) is 0 Å². The van der Waals surface area contributed by atoms with Gasteiger partial charge in [0.25, 0.3) is 0 Å². The molecule has 1 aliphatic rings. The molecule has 0 heterocycles. The molecule has 0 aromatic carbocycles. The highest BCUT2D eigenvalue weighted by atomic mass is 32.2. The van der Waals surface area contributed by atoms with E-state index in [9.17, 15) is 14.7 Å². The predicted octanol–water partition coefficient (Wildman–Crippen LogP) is 2.38. The van der Waals surface area contributed by atoms with Crippen LogP contribution in [0.15, 0.2) is 0 Å². The zero-order chi connectivity index (χ0) is 13.6. The number of hydrogen-bond donors (Lipinski definition) is 1. The smallest absolute Gasteiger partial charge is 0.329 e. The molecule has 104 valence electrons. The lowest BCUT2D eigenvalue weighted by molar-refractivity contribution is -0.159. The molecule has 1 saturated carbocycles. The maximum absolute atomic E-state index is 12.1. The van der Waals surface area contributed by atoms with E-state index in [-0.39, 0.29) is 5.91 Å². The van der Waals surface area contributed by atoms with Crippen molar-refractivity contribution in [2.24, 2.45) is 0 Å². The Morgan fingerprint density at radius 2 is 1.89 bits per heavy atom. The van der Waals surface area contributed by atoms with Crippen molar-refractivity contribution < 1.29 is 14.7 Å². The van der Waals surface area contributed by atoms with Crippen molar-refractivity contribution in [1.29, 1.82) is 0 Å². The Bertz CT molecular complexity index is 301. The summed E-state index contributed by atoms with van der Waals surface area (Å²) in [5.74, 6) is 0.426. The number of carbonyl (C=O) groups is 2. The number of thioether (sulfide) groups is 1. The molecular weight excluding hydrogens is 250 g/mol. The van der Waals surface area contributed by atoms with Gasteiger partial charge in [-0.1, -0.05) is 26.2 Å². The van der Waals surface area contributed by atoms with Gasteiger partial charge in [0, 0.05) is 7.05 Å². The minimum absolute atomic E-state index is 0.0576. The fourth-order valence-corrected chi connectivity index (χ4v) is 3.27. The molecule has 0 unspecified atom stereocenters. The molecule has 0 aliphatic heterocycles. The van der Waals surface area contributed by atoms with Crippen molar-refractivity contribution in [2.75, 3.05) is 18.6 Å². The summed E-state index contributed by atoms with van der Waals surface area (Å²) in [5, 5.41) is 9.48. The van der Waals surface area contributed by atoms with E-state index < -0.39 is 11.5 Å². The summed E-state index contributed by atoms with van der Waals surface area (Å²) >= 11 is 1.58. The molecule has 0 radical (unpaired) electrons. The first kappa shape index (κ1) is 15.3. The number of carbonyl (C=O) groups excluding carboxylic acids is 1. The lowest BCUT2D eigenvalue weighted by atomic mass is 9.80. The monoisotopic (exact) mass is 273 g/mol. The Morgan fingerprint density at radius 3 is 2.39 bits per heavy atom. The maximum atomic E-state index is 12.1. The lowest BCUT2D eigenvalue weighted by Crippen LogP contribution is -2.56. The van der Waals surface area contributed by atoms with Crippen LogP contribution in [0.5, 0.6) is 0 Å². The summed E-state index contributed by atoms with van der Waals surface area (Å²) in [5.41, 5.74) is -0.956. The second kappa shape index (κ2) is 7.02. The normalized spacial score (nSPS) is 18.3. The van der Waals surface area contributed by atoms with Gasteiger partial charge >= 0.3 is 5.97 Å². The van der Waals surface area contributed by atoms with E-state index in [1.54, 1.807) is 18.8 Å². The Balaban J connectivity index is 2.67. The van der Waals surface area contributed by atoms with E-state index in [1.807, 2.05) is 0 Å². The number of rotatable bonds is 6. The number of hydrogen-bond acceptors (Lipinski definition) is 3. The second-order valence-corrected chi connectivity index (χ2v) is 6.01. The molecular formula is C13H23NO3S. The van der Waals surface area contributed by atoms with Crippen molar-refractivity contribution >= 4 is 23.6 Å². The third-order valence-corrected chi connectivity index (χ3v) is 4.82. The SMILES string of the molecule is CCCSCC(=O)N(C)C1(C(=O)O)CCCCC1. The van der Waals surface area contributed by atoms with E-state index in [1.165, 1.54) is 4.90 Å². The van der Waals surface area contributed by atoms with Crippen LogP contribution in [-0.2, 0) is 9.59 Å². The van der Waals surface area contributed by atoms with E-state index in [4.69, 9.17) is 0 Å². The number of likely N-dealkylation sites (N-methyl/N-ethyl adjacent to an activating group) is 1. The summed E-state index contributed by atoms with van der Waals surface area (Å²) in [6, 6.07) is 0. The summed E-state index contributed by atoms with van der Waals surface area (Å²) < 4.78 is 0. The van der Waals surface area contributed by atoms with Crippen LogP contribution >= 0.6 is 11.8 Å². The summed E-state index contributed by atoms with van der Waals surface area (Å²) in [7, 11) is 1.65. The van der Waals surface area contributed by atoms with E-state index in [2.05, 4.69) is 6.92 Å². The quantitative estimate of drug-likeness (QED) is 0.755. The minimum atomic E-state index is -0.956. The Kier molecular flexibility index (Phi) is 5.99. The molecule has 0 spiro atoms. The van der Waals surface area contributed by atoms with Crippen LogP contribution in [0.2, 0.25) is 0 Å². The zero-order valence-corrected chi connectivity index (χ0v) is 12.1. The van der Waals surface area contributed by atoms with Gasteiger partial charge in [-0.15, -0.1) is 0 Å². The Labute approximate surface area is 113 Å². The first-order valence-corrected chi connectivity index (χ1v) is 7.78. The second-order valence-electron chi connectivity index (χ2n) is 4.90. The number of nitrogens with zero attached hydrogens (tertiary/aromatic N) is 1. The highest BCUT2D eigenvalue weighted by molar-refractivity contribution is 7.99. The van der Waals surface area contributed by atoms with Crippen LogP contribution in [0.1, 0.15) is 45.4 Å². The molecule has 18 heavy (non-hydrogen) atoms. The van der Waals surface area contributed by atoms with Gasteiger partial charge < -0.3 is 10.0 Å². The minimum Gasteiger partial charge on any atom is -0.479 e. The van der Waals surface area contributed by atoms with Crippen molar-refractivity contribution in [3.05, 3.63) is 0 Å². The largest absolute Gasteiger partial charge is 0.479 e. The average molecular weight is 273 g/mol. The highest BCUT2D eigenvalue weighted by Gasteiger charge is 2.45. The molecule has 4 nitrogen and oxygen atoms in total. The number of amides is 1. The molecule has 0 aromatic rings. The van der Waals surface area contributed by atoms with Crippen molar-refractivity contribution in [3.63, 3.8) is 0 Å². The standard InChI is InChI=1S/C13H23NO3S/c1-3-9-18-10-11(15)14(2)13(12(16)17)7-5-4-6-8-13/h3-10H2,1-2H3,(H,16,17). The zero-order valence-electron chi connectivity index (χ0n) is 11.3. The van der Waals surface area contributed by atoms with Gasteiger partial charge in [0.2, 0.25) is 5.91 Å². The number of aliphatic carboxylic acids is 1. The fraction of sp³-hybridized carbons (Fsp3) is 0.846. The van der Waals surface area contributed by atoms with Gasteiger partial charge in [-0.3, -0.25) is 4.79 Å². The van der Waals surface area contributed by atoms with Crippen molar-refractivity contribution in [2.45, 2.75) is 51.0 Å². The van der Waals surface area contributed by atoms with Gasteiger partial charge in [-0.2, -0.15) is 11.8 Å². The molecule has 0 bridgehead atoms. The molecule has 0 aromatic heterocycles.